The van der Waals surface area contributed by atoms with Gasteiger partial charge in [0.15, 0.2) is 0 Å². The van der Waals surface area contributed by atoms with E-state index in [1.165, 1.54) is 24.3 Å². The van der Waals surface area contributed by atoms with Gasteiger partial charge >= 0.3 is 12.4 Å². The topological polar surface area (TPSA) is 0 Å². The molecular formula is C26H17F6P. The monoisotopic (exact) mass is 474 g/mol. The van der Waals surface area contributed by atoms with Crippen molar-refractivity contribution in [3.63, 3.8) is 0 Å². The molecule has 0 spiro atoms. The van der Waals surface area contributed by atoms with E-state index >= 15 is 0 Å². The summed E-state index contributed by atoms with van der Waals surface area (Å²) in [6.07, 6.45) is -8.95. The first-order valence-corrected chi connectivity index (χ1v) is 11.3. The van der Waals surface area contributed by atoms with Gasteiger partial charge in [0.2, 0.25) is 0 Å². The molecule has 4 aromatic carbocycles. The summed E-state index contributed by atoms with van der Waals surface area (Å²) in [5, 5.41) is 2.07. The molecule has 0 saturated heterocycles. The van der Waals surface area contributed by atoms with Gasteiger partial charge in [-0.25, -0.2) is 0 Å². The van der Waals surface area contributed by atoms with E-state index in [9.17, 15) is 26.3 Å². The molecule has 7 heteroatoms. The molecule has 0 saturated carbocycles. The molecule has 0 fully saturated rings. The van der Waals surface area contributed by atoms with Gasteiger partial charge in [0.05, 0.1) is 11.1 Å². The highest BCUT2D eigenvalue weighted by Crippen LogP contribution is 2.39. The standard InChI is InChI=1S/C26H17F6P/c27-25(28,29)19-10-14-21(15-11-19)33(22-16-12-20(13-17-22)26(30,31)32)24-9-5-4-8-23(24)18-6-2-1-3-7-18/h1-17H. The summed E-state index contributed by atoms with van der Waals surface area (Å²) in [4.78, 5) is 0. The van der Waals surface area contributed by atoms with Crippen LogP contribution in [-0.2, 0) is 12.4 Å². The maximum Gasteiger partial charge on any atom is 0.416 e. The molecule has 0 bridgehead atoms. The smallest absolute Gasteiger partial charge is 0.166 e. The molecule has 4 rings (SSSR count). The Labute approximate surface area is 188 Å². The van der Waals surface area contributed by atoms with E-state index in [2.05, 4.69) is 0 Å². The van der Waals surface area contributed by atoms with Crippen molar-refractivity contribution >= 4 is 23.8 Å². The van der Waals surface area contributed by atoms with Crippen molar-refractivity contribution in [3.8, 4) is 11.1 Å². The van der Waals surface area contributed by atoms with E-state index in [0.29, 0.717) is 10.6 Å². The normalized spacial score (nSPS) is 12.2. The molecule has 33 heavy (non-hydrogen) atoms. The summed E-state index contributed by atoms with van der Waals surface area (Å²) in [6, 6.07) is 26.7. The van der Waals surface area contributed by atoms with Gasteiger partial charge in [0, 0.05) is 0 Å². The van der Waals surface area contributed by atoms with Gasteiger partial charge in [-0.05, 0) is 59.2 Å². The Hall–Kier alpha value is -3.11. The van der Waals surface area contributed by atoms with Crippen molar-refractivity contribution in [1.29, 1.82) is 0 Å². The van der Waals surface area contributed by atoms with E-state index in [1.807, 2.05) is 54.6 Å². The molecule has 0 N–H and O–H groups in total. The fraction of sp³-hybridized carbons (Fsp3) is 0.0769. The predicted molar refractivity (Wildman–Crippen MR) is 121 cm³/mol. The number of hydrogen-bond acceptors (Lipinski definition) is 0. The minimum absolute atomic E-state index is 0.612. The van der Waals surface area contributed by atoms with E-state index < -0.39 is 31.4 Å². The second-order valence-corrected chi connectivity index (χ2v) is 9.49. The number of hydrogen-bond donors (Lipinski definition) is 0. The van der Waals surface area contributed by atoms with Gasteiger partial charge in [-0.2, -0.15) is 26.3 Å². The molecule has 0 aliphatic carbocycles. The van der Waals surface area contributed by atoms with Crippen LogP contribution < -0.4 is 15.9 Å². The van der Waals surface area contributed by atoms with Crippen molar-refractivity contribution in [2.75, 3.05) is 0 Å². The second kappa shape index (κ2) is 9.03. The van der Waals surface area contributed by atoms with Gasteiger partial charge in [-0.1, -0.05) is 78.9 Å². The van der Waals surface area contributed by atoms with Crippen LogP contribution in [0.5, 0.6) is 0 Å². The van der Waals surface area contributed by atoms with Crippen molar-refractivity contribution in [2.45, 2.75) is 12.4 Å². The van der Waals surface area contributed by atoms with Crippen LogP contribution >= 0.6 is 7.92 Å². The molecule has 0 nitrogen and oxygen atoms in total. The molecule has 0 aliphatic rings. The summed E-state index contributed by atoms with van der Waals surface area (Å²) in [5.74, 6) is 0. The molecule has 0 radical (unpaired) electrons. The summed E-state index contributed by atoms with van der Waals surface area (Å²) in [5.41, 5.74) is 0.248. The first-order chi connectivity index (χ1) is 15.6. The average molecular weight is 474 g/mol. The lowest BCUT2D eigenvalue weighted by Gasteiger charge is -2.23. The highest BCUT2D eigenvalue weighted by molar-refractivity contribution is 7.80. The zero-order valence-corrected chi connectivity index (χ0v) is 17.9. The maximum absolute atomic E-state index is 13.1. The van der Waals surface area contributed by atoms with Gasteiger partial charge < -0.3 is 0 Å². The minimum atomic E-state index is -4.47. The minimum Gasteiger partial charge on any atom is -0.166 e. The second-order valence-electron chi connectivity index (χ2n) is 7.31. The van der Waals surface area contributed by atoms with Crippen LogP contribution in [0.25, 0.3) is 11.1 Å². The molecule has 4 aromatic rings. The van der Waals surface area contributed by atoms with E-state index in [4.69, 9.17) is 0 Å². The first kappa shape index (κ1) is 23.1. The van der Waals surface area contributed by atoms with Gasteiger partial charge in [-0.3, -0.25) is 0 Å². The van der Waals surface area contributed by atoms with Crippen LogP contribution in [0, 0.1) is 0 Å². The molecule has 0 atom stereocenters. The average Bonchev–Trinajstić information content (AvgIpc) is 2.80. The van der Waals surface area contributed by atoms with Crippen LogP contribution in [0.15, 0.2) is 103 Å². The van der Waals surface area contributed by atoms with E-state index in [0.717, 1.165) is 40.7 Å². The van der Waals surface area contributed by atoms with E-state index in [-0.39, 0.29) is 0 Å². The highest BCUT2D eigenvalue weighted by Gasteiger charge is 2.32. The molecule has 0 heterocycles. The van der Waals surface area contributed by atoms with Crippen molar-refractivity contribution < 1.29 is 26.3 Å². The molecule has 0 aromatic heterocycles. The van der Waals surface area contributed by atoms with Crippen LogP contribution in [0.2, 0.25) is 0 Å². The Morgan fingerprint density at radius 2 is 0.879 bits per heavy atom. The van der Waals surface area contributed by atoms with Gasteiger partial charge in [-0.15, -0.1) is 0 Å². The number of benzene rings is 4. The van der Waals surface area contributed by atoms with E-state index in [1.54, 1.807) is 0 Å². The summed E-state index contributed by atoms with van der Waals surface area (Å²) in [6.45, 7) is 0. The van der Waals surface area contributed by atoms with Crippen LogP contribution in [0.3, 0.4) is 0 Å². The zero-order valence-electron chi connectivity index (χ0n) is 17.0. The summed E-state index contributed by atoms with van der Waals surface area (Å²) in [7, 11) is -1.42. The molecule has 0 amide bonds. The number of rotatable bonds is 4. The lowest BCUT2D eigenvalue weighted by molar-refractivity contribution is -0.138. The Balaban J connectivity index is 1.88. The Morgan fingerprint density at radius 1 is 0.455 bits per heavy atom. The van der Waals surface area contributed by atoms with Crippen LogP contribution in [-0.4, -0.2) is 0 Å². The fourth-order valence-corrected chi connectivity index (χ4v) is 5.99. The lowest BCUT2D eigenvalue weighted by Crippen LogP contribution is -2.23. The Kier molecular flexibility index (Phi) is 6.31. The van der Waals surface area contributed by atoms with Crippen LogP contribution in [0.4, 0.5) is 26.3 Å². The van der Waals surface area contributed by atoms with Crippen LogP contribution in [0.1, 0.15) is 11.1 Å². The zero-order chi connectivity index (χ0) is 23.6. The van der Waals surface area contributed by atoms with Gasteiger partial charge in [0.1, 0.15) is 0 Å². The SMILES string of the molecule is FC(F)(F)c1ccc(P(c2ccc(C(F)(F)F)cc2)c2ccccc2-c2ccccc2)cc1. The van der Waals surface area contributed by atoms with Crippen molar-refractivity contribution in [2.24, 2.45) is 0 Å². The quantitative estimate of drug-likeness (QED) is 0.218. The van der Waals surface area contributed by atoms with Gasteiger partial charge in [0.25, 0.3) is 0 Å². The van der Waals surface area contributed by atoms with Crippen molar-refractivity contribution in [1.82, 2.24) is 0 Å². The molecular weight excluding hydrogens is 457 g/mol. The molecule has 0 unspecified atom stereocenters. The summed E-state index contributed by atoms with van der Waals surface area (Å²) < 4.78 is 78.6. The molecule has 0 aliphatic heterocycles. The summed E-state index contributed by atoms with van der Waals surface area (Å²) >= 11 is 0. The van der Waals surface area contributed by atoms with Crippen molar-refractivity contribution in [3.05, 3.63) is 114 Å². The lowest BCUT2D eigenvalue weighted by atomic mass is 10.1. The Morgan fingerprint density at radius 3 is 1.33 bits per heavy atom. The predicted octanol–water partition coefficient (Wildman–Crippen LogP) is 7.15. The third kappa shape index (κ3) is 5.12. The highest BCUT2D eigenvalue weighted by atomic mass is 31.1. The fourth-order valence-electron chi connectivity index (χ4n) is 3.56. The first-order valence-electron chi connectivity index (χ1n) is 9.94. The third-order valence-corrected chi connectivity index (χ3v) is 7.64. The molecule has 168 valence electrons. The Bertz CT molecular complexity index is 1150. The largest absolute Gasteiger partial charge is 0.416 e. The maximum atomic E-state index is 13.1. The number of halogens is 6. The number of alkyl halides is 6. The third-order valence-electron chi connectivity index (χ3n) is 5.14.